The third-order valence-corrected chi connectivity index (χ3v) is 7.38. The number of hydrogen-bond donors (Lipinski definition) is 1. The zero-order chi connectivity index (χ0) is 22.4. The average molecular weight is 451 g/mol. The summed E-state index contributed by atoms with van der Waals surface area (Å²) in [5.74, 6) is 0.458. The van der Waals surface area contributed by atoms with Crippen molar-refractivity contribution in [3.63, 3.8) is 0 Å². The van der Waals surface area contributed by atoms with Gasteiger partial charge in [-0.3, -0.25) is 4.79 Å². The maximum Gasteiger partial charge on any atom is 0.251 e. The lowest BCUT2D eigenvalue weighted by atomic mass is 10.0. The zero-order valence-electron chi connectivity index (χ0n) is 17.7. The molecule has 0 bridgehead atoms. The van der Waals surface area contributed by atoms with Gasteiger partial charge in [-0.2, -0.15) is 4.31 Å². The maximum atomic E-state index is 12.7. The summed E-state index contributed by atoms with van der Waals surface area (Å²) in [7, 11) is -3.44. The summed E-state index contributed by atoms with van der Waals surface area (Å²) in [6.45, 7) is 2.08. The Balaban J connectivity index is 1.26. The number of benzene rings is 2. The SMILES string of the molecule is O=C(NCCS(=O)(=O)N1CCN(c2ccccn2)CC1)c1ccc(-c2ccccc2)cc1. The molecule has 2 heterocycles. The first kappa shape index (κ1) is 22.0. The molecule has 0 unspecified atom stereocenters. The number of rotatable bonds is 7. The van der Waals surface area contributed by atoms with Gasteiger partial charge in [-0.15, -0.1) is 0 Å². The van der Waals surface area contributed by atoms with Gasteiger partial charge >= 0.3 is 0 Å². The fourth-order valence-corrected chi connectivity index (χ4v) is 5.04. The van der Waals surface area contributed by atoms with Gasteiger partial charge in [0.2, 0.25) is 10.0 Å². The third kappa shape index (κ3) is 5.33. The van der Waals surface area contributed by atoms with Crippen molar-refractivity contribution in [2.45, 2.75) is 0 Å². The number of hydrogen-bond acceptors (Lipinski definition) is 5. The van der Waals surface area contributed by atoms with Crippen molar-refractivity contribution in [3.8, 4) is 11.1 Å². The molecule has 1 N–H and O–H groups in total. The first-order valence-corrected chi connectivity index (χ1v) is 12.2. The van der Waals surface area contributed by atoms with Gasteiger partial charge < -0.3 is 10.2 Å². The Hall–Kier alpha value is -3.23. The molecule has 1 amide bonds. The van der Waals surface area contributed by atoms with Crippen LogP contribution < -0.4 is 10.2 Å². The molecule has 166 valence electrons. The monoisotopic (exact) mass is 450 g/mol. The Morgan fingerprint density at radius 2 is 1.50 bits per heavy atom. The van der Waals surface area contributed by atoms with E-state index in [2.05, 4.69) is 15.2 Å². The molecule has 1 aliphatic rings. The number of carbonyl (C=O) groups excluding carboxylic acids is 1. The lowest BCUT2D eigenvalue weighted by Crippen LogP contribution is -2.50. The Kier molecular flexibility index (Phi) is 6.82. The summed E-state index contributed by atoms with van der Waals surface area (Å²) in [5.41, 5.74) is 2.61. The molecule has 8 heteroatoms. The molecule has 32 heavy (non-hydrogen) atoms. The number of aromatic nitrogens is 1. The lowest BCUT2D eigenvalue weighted by Gasteiger charge is -2.34. The highest BCUT2D eigenvalue weighted by atomic mass is 32.2. The molecule has 0 saturated carbocycles. The first-order chi connectivity index (χ1) is 15.5. The smallest absolute Gasteiger partial charge is 0.251 e. The number of piperazine rings is 1. The summed E-state index contributed by atoms with van der Waals surface area (Å²) in [5, 5.41) is 2.72. The number of pyridine rings is 1. The van der Waals surface area contributed by atoms with Crippen LogP contribution in [0.25, 0.3) is 11.1 Å². The number of carbonyl (C=O) groups is 1. The number of anilines is 1. The van der Waals surface area contributed by atoms with E-state index in [0.29, 0.717) is 31.7 Å². The van der Waals surface area contributed by atoms with E-state index in [9.17, 15) is 13.2 Å². The molecule has 1 fully saturated rings. The van der Waals surface area contributed by atoms with Crippen LogP contribution in [0.5, 0.6) is 0 Å². The molecule has 7 nitrogen and oxygen atoms in total. The van der Waals surface area contributed by atoms with Gasteiger partial charge in [0.05, 0.1) is 5.75 Å². The van der Waals surface area contributed by atoms with E-state index >= 15 is 0 Å². The molecule has 1 aromatic heterocycles. The highest BCUT2D eigenvalue weighted by molar-refractivity contribution is 7.89. The third-order valence-electron chi connectivity index (χ3n) is 5.51. The van der Waals surface area contributed by atoms with Gasteiger partial charge in [0.15, 0.2) is 0 Å². The highest BCUT2D eigenvalue weighted by Crippen LogP contribution is 2.19. The van der Waals surface area contributed by atoms with Crippen molar-refractivity contribution in [3.05, 3.63) is 84.6 Å². The Bertz CT molecular complexity index is 1130. The summed E-state index contributed by atoms with van der Waals surface area (Å²) in [4.78, 5) is 18.8. The van der Waals surface area contributed by atoms with Crippen LogP contribution in [0.4, 0.5) is 5.82 Å². The number of nitrogens with one attached hydrogen (secondary N) is 1. The van der Waals surface area contributed by atoms with Gasteiger partial charge in [-0.05, 0) is 35.4 Å². The topological polar surface area (TPSA) is 82.6 Å². The summed E-state index contributed by atoms with van der Waals surface area (Å²) in [6.07, 6.45) is 1.73. The Morgan fingerprint density at radius 1 is 0.844 bits per heavy atom. The van der Waals surface area contributed by atoms with Crippen LogP contribution in [0, 0.1) is 0 Å². The minimum absolute atomic E-state index is 0.0715. The molecular weight excluding hydrogens is 424 g/mol. The summed E-state index contributed by atoms with van der Waals surface area (Å²) >= 11 is 0. The van der Waals surface area contributed by atoms with Crippen LogP contribution in [-0.4, -0.2) is 62.1 Å². The van der Waals surface area contributed by atoms with E-state index in [1.165, 1.54) is 4.31 Å². The van der Waals surface area contributed by atoms with E-state index in [4.69, 9.17) is 0 Å². The average Bonchev–Trinajstić information content (AvgIpc) is 2.85. The summed E-state index contributed by atoms with van der Waals surface area (Å²) < 4.78 is 26.9. The van der Waals surface area contributed by atoms with Gasteiger partial charge in [-0.1, -0.05) is 48.5 Å². The van der Waals surface area contributed by atoms with Gasteiger partial charge in [0.25, 0.3) is 5.91 Å². The van der Waals surface area contributed by atoms with Crippen molar-refractivity contribution in [1.29, 1.82) is 0 Å². The zero-order valence-corrected chi connectivity index (χ0v) is 18.5. The Morgan fingerprint density at radius 3 is 2.16 bits per heavy atom. The van der Waals surface area contributed by atoms with Crippen LogP contribution in [0.3, 0.4) is 0 Å². The van der Waals surface area contributed by atoms with Crippen molar-refractivity contribution < 1.29 is 13.2 Å². The largest absolute Gasteiger partial charge is 0.354 e. The first-order valence-electron chi connectivity index (χ1n) is 10.6. The normalized spacial score (nSPS) is 14.8. The second kappa shape index (κ2) is 9.93. The van der Waals surface area contributed by atoms with Crippen molar-refractivity contribution in [2.24, 2.45) is 0 Å². The number of sulfonamides is 1. The van der Waals surface area contributed by atoms with E-state index in [0.717, 1.165) is 16.9 Å². The number of nitrogens with zero attached hydrogens (tertiary/aromatic N) is 3. The highest BCUT2D eigenvalue weighted by Gasteiger charge is 2.27. The lowest BCUT2D eigenvalue weighted by molar-refractivity contribution is 0.0956. The quantitative estimate of drug-likeness (QED) is 0.598. The van der Waals surface area contributed by atoms with Crippen LogP contribution in [0.1, 0.15) is 10.4 Å². The molecule has 0 atom stereocenters. The standard InChI is InChI=1S/C24H26N4O3S/c29-24(22-11-9-21(10-12-22)20-6-2-1-3-7-20)26-14-19-32(30,31)28-17-15-27(16-18-28)23-8-4-5-13-25-23/h1-13H,14-19H2,(H,26,29). The van der Waals surface area contributed by atoms with Crippen molar-refractivity contribution in [1.82, 2.24) is 14.6 Å². The molecule has 0 aliphatic carbocycles. The van der Waals surface area contributed by atoms with E-state index in [1.807, 2.05) is 60.7 Å². The molecule has 1 saturated heterocycles. The van der Waals surface area contributed by atoms with E-state index < -0.39 is 10.0 Å². The van der Waals surface area contributed by atoms with Crippen molar-refractivity contribution in [2.75, 3.05) is 43.4 Å². The van der Waals surface area contributed by atoms with Crippen LogP contribution >= 0.6 is 0 Å². The predicted octanol–water partition coefficient (Wildman–Crippen LogP) is 2.63. The van der Waals surface area contributed by atoms with E-state index in [-0.39, 0.29) is 18.2 Å². The fourth-order valence-electron chi connectivity index (χ4n) is 3.71. The van der Waals surface area contributed by atoms with E-state index in [1.54, 1.807) is 18.3 Å². The second-order valence-electron chi connectivity index (χ2n) is 7.59. The van der Waals surface area contributed by atoms with Gasteiger partial charge in [-0.25, -0.2) is 13.4 Å². The number of amides is 1. The minimum atomic E-state index is -3.44. The van der Waals surface area contributed by atoms with Crippen LogP contribution in [0.2, 0.25) is 0 Å². The Labute approximate surface area is 188 Å². The second-order valence-corrected chi connectivity index (χ2v) is 9.68. The molecule has 4 rings (SSSR count). The molecule has 3 aromatic rings. The van der Waals surface area contributed by atoms with Crippen LogP contribution in [-0.2, 0) is 10.0 Å². The molecule has 0 spiro atoms. The fraction of sp³-hybridized carbons (Fsp3) is 0.250. The predicted molar refractivity (Wildman–Crippen MR) is 126 cm³/mol. The molecule has 0 radical (unpaired) electrons. The summed E-state index contributed by atoms with van der Waals surface area (Å²) in [6, 6.07) is 22.9. The molecule has 2 aromatic carbocycles. The molecular formula is C24H26N4O3S. The van der Waals surface area contributed by atoms with Gasteiger partial charge in [0.1, 0.15) is 5.82 Å². The molecule has 1 aliphatic heterocycles. The van der Waals surface area contributed by atoms with Crippen molar-refractivity contribution >= 4 is 21.7 Å². The van der Waals surface area contributed by atoms with Crippen LogP contribution in [0.15, 0.2) is 79.0 Å². The maximum absolute atomic E-state index is 12.7. The minimum Gasteiger partial charge on any atom is -0.354 e. The van der Waals surface area contributed by atoms with Gasteiger partial charge in [0, 0.05) is 44.5 Å².